The molecule has 2 heterocycles. The fourth-order valence-electron chi connectivity index (χ4n) is 3.50. The van der Waals surface area contributed by atoms with Gasteiger partial charge in [-0.3, -0.25) is 4.79 Å². The van der Waals surface area contributed by atoms with E-state index in [0.717, 1.165) is 35.5 Å². The molecule has 1 aromatic carbocycles. The summed E-state index contributed by atoms with van der Waals surface area (Å²) in [6, 6.07) is 8.29. The lowest BCUT2D eigenvalue weighted by atomic mass is 10.0. The lowest BCUT2D eigenvalue weighted by Crippen LogP contribution is -2.41. The van der Waals surface area contributed by atoms with E-state index in [2.05, 4.69) is 45.9 Å². The van der Waals surface area contributed by atoms with Gasteiger partial charge in [0.25, 0.3) is 5.91 Å². The first-order valence-corrected chi connectivity index (χ1v) is 9.56. The third-order valence-electron chi connectivity index (χ3n) is 4.75. The molecule has 1 fully saturated rings. The van der Waals surface area contributed by atoms with Gasteiger partial charge in [0.15, 0.2) is 0 Å². The molecule has 1 saturated heterocycles. The molecule has 0 aliphatic carbocycles. The molecule has 2 aromatic rings. The van der Waals surface area contributed by atoms with Crippen LogP contribution in [0.4, 0.5) is 0 Å². The standard InChI is InChI=1S/C21H29N3O2/c1-5-19-20(21(25)23-9-11-26-12-10-23)18(13-15(2)3)22-24(19)17-8-6-7-16(4)14-17/h6-8,14-15H,5,9-13H2,1-4H3. The van der Waals surface area contributed by atoms with Crippen LogP contribution in [0, 0.1) is 12.8 Å². The van der Waals surface area contributed by atoms with Crippen LogP contribution in [0.25, 0.3) is 5.69 Å². The van der Waals surface area contributed by atoms with Gasteiger partial charge in [0.1, 0.15) is 0 Å². The van der Waals surface area contributed by atoms with Crippen molar-refractivity contribution in [3.8, 4) is 5.69 Å². The fourth-order valence-corrected chi connectivity index (χ4v) is 3.50. The van der Waals surface area contributed by atoms with Crippen molar-refractivity contribution < 1.29 is 9.53 Å². The minimum Gasteiger partial charge on any atom is -0.378 e. The number of rotatable bonds is 5. The van der Waals surface area contributed by atoms with Crippen LogP contribution in [0.5, 0.6) is 0 Å². The Hall–Kier alpha value is -2.14. The molecule has 0 unspecified atom stereocenters. The number of hydrogen-bond donors (Lipinski definition) is 0. The maximum absolute atomic E-state index is 13.3. The minimum absolute atomic E-state index is 0.0969. The summed E-state index contributed by atoms with van der Waals surface area (Å²) in [6.45, 7) is 11.0. The summed E-state index contributed by atoms with van der Waals surface area (Å²) < 4.78 is 7.38. The van der Waals surface area contributed by atoms with Crippen molar-refractivity contribution in [2.75, 3.05) is 26.3 Å². The summed E-state index contributed by atoms with van der Waals surface area (Å²) >= 11 is 0. The van der Waals surface area contributed by atoms with E-state index in [4.69, 9.17) is 9.84 Å². The molecule has 26 heavy (non-hydrogen) atoms. The molecule has 1 aromatic heterocycles. The van der Waals surface area contributed by atoms with Gasteiger partial charge in [-0.2, -0.15) is 5.10 Å². The number of benzene rings is 1. The van der Waals surface area contributed by atoms with Crippen molar-refractivity contribution in [2.45, 2.75) is 40.5 Å². The number of ether oxygens (including phenoxy) is 1. The van der Waals surface area contributed by atoms with Gasteiger partial charge < -0.3 is 9.64 Å². The quantitative estimate of drug-likeness (QED) is 0.826. The van der Waals surface area contributed by atoms with Gasteiger partial charge in [-0.1, -0.05) is 32.9 Å². The van der Waals surface area contributed by atoms with Crippen molar-refractivity contribution >= 4 is 5.91 Å². The second-order valence-corrected chi connectivity index (χ2v) is 7.38. The third-order valence-corrected chi connectivity index (χ3v) is 4.75. The Morgan fingerprint density at radius 3 is 2.62 bits per heavy atom. The SMILES string of the molecule is CCc1c(C(=O)N2CCOCC2)c(CC(C)C)nn1-c1cccc(C)c1. The van der Waals surface area contributed by atoms with Crippen LogP contribution in [0.2, 0.25) is 0 Å². The highest BCUT2D eigenvalue weighted by Crippen LogP contribution is 2.24. The van der Waals surface area contributed by atoms with Crippen LogP contribution in [-0.4, -0.2) is 46.9 Å². The molecule has 0 radical (unpaired) electrons. The number of morpholine rings is 1. The number of nitrogens with zero attached hydrogens (tertiary/aromatic N) is 3. The van der Waals surface area contributed by atoms with Crippen LogP contribution in [0.1, 0.15) is 48.1 Å². The highest BCUT2D eigenvalue weighted by molar-refractivity contribution is 5.96. The van der Waals surface area contributed by atoms with E-state index in [-0.39, 0.29) is 5.91 Å². The largest absolute Gasteiger partial charge is 0.378 e. The Kier molecular flexibility index (Phi) is 5.77. The zero-order valence-electron chi connectivity index (χ0n) is 16.3. The average Bonchev–Trinajstić information content (AvgIpc) is 2.99. The Labute approximate surface area is 156 Å². The molecule has 0 bridgehead atoms. The molecular formula is C21H29N3O2. The monoisotopic (exact) mass is 355 g/mol. The summed E-state index contributed by atoms with van der Waals surface area (Å²) in [7, 11) is 0. The predicted octanol–water partition coefficient (Wildman–Crippen LogP) is 3.41. The maximum Gasteiger partial charge on any atom is 0.257 e. The van der Waals surface area contributed by atoms with Crippen LogP contribution < -0.4 is 0 Å². The number of amides is 1. The molecule has 0 N–H and O–H groups in total. The molecule has 140 valence electrons. The molecular weight excluding hydrogens is 326 g/mol. The van der Waals surface area contributed by atoms with Crippen LogP contribution >= 0.6 is 0 Å². The topological polar surface area (TPSA) is 47.4 Å². The first-order valence-electron chi connectivity index (χ1n) is 9.56. The molecule has 5 nitrogen and oxygen atoms in total. The predicted molar refractivity (Wildman–Crippen MR) is 103 cm³/mol. The molecule has 3 rings (SSSR count). The maximum atomic E-state index is 13.3. The smallest absolute Gasteiger partial charge is 0.257 e. The number of aryl methyl sites for hydroxylation is 1. The van der Waals surface area contributed by atoms with Gasteiger partial charge in [0, 0.05) is 13.1 Å². The van der Waals surface area contributed by atoms with Gasteiger partial charge in [-0.15, -0.1) is 0 Å². The third kappa shape index (κ3) is 3.83. The van der Waals surface area contributed by atoms with E-state index < -0.39 is 0 Å². The molecule has 1 amide bonds. The summed E-state index contributed by atoms with van der Waals surface area (Å²) in [5, 5.41) is 4.89. The number of hydrogen-bond acceptors (Lipinski definition) is 3. The fraction of sp³-hybridized carbons (Fsp3) is 0.524. The lowest BCUT2D eigenvalue weighted by Gasteiger charge is -2.27. The Balaban J connectivity index is 2.09. The van der Waals surface area contributed by atoms with Crippen molar-refractivity contribution in [2.24, 2.45) is 5.92 Å². The molecule has 0 spiro atoms. The van der Waals surface area contributed by atoms with Crippen molar-refractivity contribution in [3.63, 3.8) is 0 Å². The molecule has 0 atom stereocenters. The Bertz CT molecular complexity index is 774. The highest BCUT2D eigenvalue weighted by atomic mass is 16.5. The summed E-state index contributed by atoms with van der Waals surface area (Å²) in [6.07, 6.45) is 1.57. The summed E-state index contributed by atoms with van der Waals surface area (Å²) in [5.74, 6) is 0.538. The van der Waals surface area contributed by atoms with Crippen LogP contribution in [-0.2, 0) is 17.6 Å². The number of carbonyl (C=O) groups is 1. The van der Waals surface area contributed by atoms with E-state index in [0.29, 0.717) is 32.2 Å². The minimum atomic E-state index is 0.0969. The molecule has 1 aliphatic heterocycles. The molecule has 5 heteroatoms. The second-order valence-electron chi connectivity index (χ2n) is 7.38. The van der Waals surface area contributed by atoms with E-state index in [9.17, 15) is 4.79 Å². The lowest BCUT2D eigenvalue weighted by molar-refractivity contribution is 0.0301. The van der Waals surface area contributed by atoms with Gasteiger partial charge in [0.05, 0.1) is 35.9 Å². The zero-order chi connectivity index (χ0) is 18.7. The molecule has 0 saturated carbocycles. The summed E-state index contributed by atoms with van der Waals surface area (Å²) in [5.41, 5.74) is 4.92. The van der Waals surface area contributed by atoms with Gasteiger partial charge in [-0.25, -0.2) is 4.68 Å². The van der Waals surface area contributed by atoms with Crippen LogP contribution in [0.3, 0.4) is 0 Å². The number of carbonyl (C=O) groups excluding carboxylic acids is 1. The van der Waals surface area contributed by atoms with E-state index >= 15 is 0 Å². The van der Waals surface area contributed by atoms with E-state index in [1.54, 1.807) is 0 Å². The number of aromatic nitrogens is 2. The molecule has 1 aliphatic rings. The van der Waals surface area contributed by atoms with E-state index in [1.165, 1.54) is 5.56 Å². The Morgan fingerprint density at radius 2 is 2.00 bits per heavy atom. The van der Waals surface area contributed by atoms with Gasteiger partial charge >= 0.3 is 0 Å². The van der Waals surface area contributed by atoms with Crippen molar-refractivity contribution in [1.29, 1.82) is 0 Å². The first kappa shape index (κ1) is 18.6. The second kappa shape index (κ2) is 8.04. The average molecular weight is 355 g/mol. The zero-order valence-corrected chi connectivity index (χ0v) is 16.3. The van der Waals surface area contributed by atoms with Crippen molar-refractivity contribution in [3.05, 3.63) is 46.8 Å². The first-order chi connectivity index (χ1) is 12.5. The normalized spacial score (nSPS) is 14.9. The summed E-state index contributed by atoms with van der Waals surface area (Å²) in [4.78, 5) is 15.2. The van der Waals surface area contributed by atoms with E-state index in [1.807, 2.05) is 15.6 Å². The highest BCUT2D eigenvalue weighted by Gasteiger charge is 2.28. The Morgan fingerprint density at radius 1 is 1.27 bits per heavy atom. The van der Waals surface area contributed by atoms with Gasteiger partial charge in [0.2, 0.25) is 0 Å². The van der Waals surface area contributed by atoms with Gasteiger partial charge in [-0.05, 0) is 43.4 Å². The van der Waals surface area contributed by atoms with Crippen LogP contribution in [0.15, 0.2) is 24.3 Å². The van der Waals surface area contributed by atoms with Crippen molar-refractivity contribution in [1.82, 2.24) is 14.7 Å².